The average Bonchev–Trinajstić information content (AvgIpc) is 3.10. The van der Waals surface area contributed by atoms with Crippen molar-refractivity contribution in [3.05, 3.63) is 70.5 Å². The summed E-state index contributed by atoms with van der Waals surface area (Å²) in [5, 5.41) is 7.08. The molecule has 0 bridgehead atoms. The molecule has 1 heterocycles. The number of carbonyl (C=O) groups is 1. The van der Waals surface area contributed by atoms with Crippen molar-refractivity contribution in [1.82, 2.24) is 5.32 Å². The number of nitrogens with one attached hydrogen (secondary N) is 1. The Labute approximate surface area is 150 Å². The van der Waals surface area contributed by atoms with Crippen LogP contribution < -0.4 is 5.32 Å². The van der Waals surface area contributed by atoms with E-state index >= 15 is 0 Å². The second-order valence-electron chi connectivity index (χ2n) is 5.81. The van der Waals surface area contributed by atoms with E-state index in [0.717, 1.165) is 12.0 Å². The van der Waals surface area contributed by atoms with Gasteiger partial charge in [-0.1, -0.05) is 60.1 Å². The van der Waals surface area contributed by atoms with E-state index in [1.807, 2.05) is 37.3 Å². The molecule has 0 aromatic heterocycles. The van der Waals surface area contributed by atoms with Gasteiger partial charge in [-0.2, -0.15) is 0 Å². The number of nitrogens with zero attached hydrogens (tertiary/aromatic N) is 1. The van der Waals surface area contributed by atoms with Gasteiger partial charge in [-0.15, -0.1) is 0 Å². The second kappa shape index (κ2) is 7.66. The number of amides is 1. The number of halogens is 2. The highest BCUT2D eigenvalue weighted by Crippen LogP contribution is 2.26. The zero-order valence-electron chi connectivity index (χ0n) is 13.7. The molecule has 0 saturated carbocycles. The SMILES string of the molecule is CCC(NC(=O)C1CC(c2c(F)cccc2Cl)=NO1)c1ccccc1. The highest BCUT2D eigenvalue weighted by atomic mass is 35.5. The van der Waals surface area contributed by atoms with Crippen molar-refractivity contribution in [2.75, 3.05) is 0 Å². The fourth-order valence-electron chi connectivity index (χ4n) is 2.81. The van der Waals surface area contributed by atoms with E-state index in [9.17, 15) is 9.18 Å². The largest absolute Gasteiger partial charge is 0.382 e. The van der Waals surface area contributed by atoms with E-state index in [0.29, 0.717) is 5.71 Å². The van der Waals surface area contributed by atoms with E-state index in [1.165, 1.54) is 12.1 Å². The van der Waals surface area contributed by atoms with Crippen LogP contribution in [0.3, 0.4) is 0 Å². The quantitative estimate of drug-likeness (QED) is 0.867. The smallest absolute Gasteiger partial charge is 0.264 e. The molecule has 1 amide bonds. The third kappa shape index (κ3) is 3.82. The molecule has 4 nitrogen and oxygen atoms in total. The van der Waals surface area contributed by atoms with Gasteiger partial charge in [-0.25, -0.2) is 4.39 Å². The minimum Gasteiger partial charge on any atom is -0.382 e. The highest BCUT2D eigenvalue weighted by molar-refractivity contribution is 6.34. The fourth-order valence-corrected chi connectivity index (χ4v) is 3.08. The topological polar surface area (TPSA) is 50.7 Å². The standard InChI is InChI=1S/C19H18ClFN2O2/c1-2-15(12-7-4-3-5-8-12)22-19(24)17-11-16(23-25-17)18-13(20)9-6-10-14(18)21/h3-10,15,17H,2,11H2,1H3,(H,22,24). The van der Waals surface area contributed by atoms with Crippen LogP contribution in [-0.4, -0.2) is 17.7 Å². The molecule has 25 heavy (non-hydrogen) atoms. The number of hydrogen-bond donors (Lipinski definition) is 1. The van der Waals surface area contributed by atoms with Gasteiger partial charge in [0.2, 0.25) is 6.10 Å². The van der Waals surface area contributed by atoms with Crippen LogP contribution in [-0.2, 0) is 9.63 Å². The van der Waals surface area contributed by atoms with Crippen LogP contribution in [0.1, 0.15) is 36.9 Å². The predicted molar refractivity (Wildman–Crippen MR) is 95.1 cm³/mol. The first kappa shape index (κ1) is 17.4. The lowest BCUT2D eigenvalue weighted by Gasteiger charge is -2.19. The molecule has 1 aliphatic rings. The maximum Gasteiger partial charge on any atom is 0.264 e. The predicted octanol–water partition coefficient (Wildman–Crippen LogP) is 4.24. The van der Waals surface area contributed by atoms with Crippen molar-refractivity contribution in [2.24, 2.45) is 5.16 Å². The van der Waals surface area contributed by atoms with Gasteiger partial charge in [0.25, 0.3) is 5.91 Å². The van der Waals surface area contributed by atoms with Crippen molar-refractivity contribution >= 4 is 23.2 Å². The van der Waals surface area contributed by atoms with Crippen molar-refractivity contribution in [2.45, 2.75) is 31.9 Å². The van der Waals surface area contributed by atoms with Crippen LogP contribution in [0.5, 0.6) is 0 Å². The molecular weight excluding hydrogens is 343 g/mol. The summed E-state index contributed by atoms with van der Waals surface area (Å²) >= 11 is 6.05. The van der Waals surface area contributed by atoms with E-state index in [4.69, 9.17) is 16.4 Å². The molecule has 0 aliphatic carbocycles. The van der Waals surface area contributed by atoms with E-state index in [-0.39, 0.29) is 29.0 Å². The molecule has 2 aromatic rings. The third-order valence-corrected chi connectivity index (χ3v) is 4.45. The van der Waals surface area contributed by atoms with Gasteiger partial charge < -0.3 is 10.2 Å². The maximum absolute atomic E-state index is 14.0. The molecule has 1 N–H and O–H groups in total. The Balaban J connectivity index is 1.68. The Morgan fingerprint density at radius 3 is 2.76 bits per heavy atom. The molecule has 0 saturated heterocycles. The summed E-state index contributed by atoms with van der Waals surface area (Å²) < 4.78 is 14.0. The highest BCUT2D eigenvalue weighted by Gasteiger charge is 2.32. The summed E-state index contributed by atoms with van der Waals surface area (Å²) in [4.78, 5) is 17.7. The number of carbonyl (C=O) groups excluding carboxylic acids is 1. The Kier molecular flexibility index (Phi) is 5.34. The summed E-state index contributed by atoms with van der Waals surface area (Å²) in [6.45, 7) is 1.99. The maximum atomic E-state index is 14.0. The van der Waals surface area contributed by atoms with E-state index in [1.54, 1.807) is 6.07 Å². The number of oxime groups is 1. The van der Waals surface area contributed by atoms with Crippen LogP contribution in [0.4, 0.5) is 4.39 Å². The van der Waals surface area contributed by atoms with Crippen LogP contribution in [0.2, 0.25) is 5.02 Å². The number of rotatable bonds is 5. The average molecular weight is 361 g/mol. The van der Waals surface area contributed by atoms with Gasteiger partial charge in [-0.05, 0) is 24.1 Å². The van der Waals surface area contributed by atoms with Gasteiger partial charge in [-0.3, -0.25) is 4.79 Å². The van der Waals surface area contributed by atoms with Gasteiger partial charge in [0.15, 0.2) is 0 Å². The van der Waals surface area contributed by atoms with Crippen LogP contribution >= 0.6 is 11.6 Å². The summed E-state index contributed by atoms with van der Waals surface area (Å²) in [5.74, 6) is -0.756. The Morgan fingerprint density at radius 2 is 2.08 bits per heavy atom. The van der Waals surface area contributed by atoms with E-state index < -0.39 is 11.9 Å². The molecule has 6 heteroatoms. The minimum absolute atomic E-state index is 0.113. The van der Waals surface area contributed by atoms with Crippen molar-refractivity contribution in [3.63, 3.8) is 0 Å². The zero-order chi connectivity index (χ0) is 17.8. The third-order valence-electron chi connectivity index (χ3n) is 4.14. The first-order valence-electron chi connectivity index (χ1n) is 8.12. The Hall–Kier alpha value is -2.40. The van der Waals surface area contributed by atoms with Crippen molar-refractivity contribution in [1.29, 1.82) is 0 Å². The molecule has 3 rings (SSSR count). The summed E-state index contributed by atoms with van der Waals surface area (Å²) in [5.41, 5.74) is 1.56. The van der Waals surface area contributed by atoms with Gasteiger partial charge in [0.05, 0.1) is 22.3 Å². The molecule has 2 aromatic carbocycles. The van der Waals surface area contributed by atoms with E-state index in [2.05, 4.69) is 10.5 Å². The molecule has 2 atom stereocenters. The van der Waals surface area contributed by atoms with Crippen LogP contribution in [0.15, 0.2) is 53.7 Å². The minimum atomic E-state index is -0.788. The first-order chi connectivity index (χ1) is 12.1. The van der Waals surface area contributed by atoms with Crippen molar-refractivity contribution < 1.29 is 14.0 Å². The molecule has 0 spiro atoms. The number of benzene rings is 2. The first-order valence-corrected chi connectivity index (χ1v) is 8.50. The lowest BCUT2D eigenvalue weighted by atomic mass is 10.0. The molecule has 0 radical (unpaired) electrons. The normalized spacial score (nSPS) is 17.6. The molecule has 1 aliphatic heterocycles. The molecule has 2 unspecified atom stereocenters. The lowest BCUT2D eigenvalue weighted by Crippen LogP contribution is -2.37. The zero-order valence-corrected chi connectivity index (χ0v) is 14.5. The fraction of sp³-hybridized carbons (Fsp3) is 0.263. The second-order valence-corrected chi connectivity index (χ2v) is 6.22. The van der Waals surface area contributed by atoms with Gasteiger partial charge in [0, 0.05) is 6.42 Å². The summed E-state index contributed by atoms with van der Waals surface area (Å²) in [7, 11) is 0. The van der Waals surface area contributed by atoms with Crippen LogP contribution in [0.25, 0.3) is 0 Å². The molecule has 0 fully saturated rings. The summed E-state index contributed by atoms with van der Waals surface area (Å²) in [6, 6.07) is 14.0. The lowest BCUT2D eigenvalue weighted by molar-refractivity contribution is -0.132. The van der Waals surface area contributed by atoms with Gasteiger partial charge in [0.1, 0.15) is 5.82 Å². The van der Waals surface area contributed by atoms with Crippen molar-refractivity contribution in [3.8, 4) is 0 Å². The number of hydrogen-bond acceptors (Lipinski definition) is 3. The summed E-state index contributed by atoms with van der Waals surface area (Å²) in [6.07, 6.45) is 0.135. The van der Waals surface area contributed by atoms with Crippen LogP contribution in [0, 0.1) is 5.82 Å². The molecular formula is C19H18ClFN2O2. The monoisotopic (exact) mass is 360 g/mol. The Morgan fingerprint density at radius 1 is 1.32 bits per heavy atom. The molecule has 130 valence electrons. The van der Waals surface area contributed by atoms with Gasteiger partial charge >= 0.3 is 0 Å². The Bertz CT molecular complexity index is 775.